The van der Waals surface area contributed by atoms with Crippen molar-refractivity contribution in [3.63, 3.8) is 0 Å². The maximum absolute atomic E-state index is 13.8. The van der Waals surface area contributed by atoms with Crippen LogP contribution in [-0.2, 0) is 28.8 Å². The number of hydrogen-bond acceptors (Lipinski definition) is 11. The van der Waals surface area contributed by atoms with Gasteiger partial charge in [-0.1, -0.05) is 20.8 Å². The van der Waals surface area contributed by atoms with Crippen LogP contribution < -0.4 is 71.2 Å². The SMILES string of the molecule is CCNCC(=O)NC(CCCN=C(N)N)C(=O)NC(CCCNC(=N)N)C(=O)NC(CCCN=C(N)N)C(=O)NCC(=O)NC(CCCCNC(C)C)C(=O)O. The first-order valence-electron chi connectivity index (χ1n) is 18.8. The summed E-state index contributed by atoms with van der Waals surface area (Å²) in [6.07, 6.45) is 2.38. The largest absolute Gasteiger partial charge is 0.480 e. The number of unbranched alkanes of at least 4 members (excludes halogenated alkanes) is 1. The van der Waals surface area contributed by atoms with E-state index in [1.807, 2.05) is 20.8 Å². The lowest BCUT2D eigenvalue weighted by molar-refractivity contribution is -0.142. The summed E-state index contributed by atoms with van der Waals surface area (Å²) >= 11 is 0. The molecule has 0 heterocycles. The Morgan fingerprint density at radius 1 is 0.607 bits per heavy atom. The molecule has 0 aromatic heterocycles. The van der Waals surface area contributed by atoms with Gasteiger partial charge in [0.2, 0.25) is 29.5 Å². The summed E-state index contributed by atoms with van der Waals surface area (Å²) in [5.41, 5.74) is 27.0. The number of aliphatic imine (C=N–C) groups is 2. The molecule has 0 aliphatic rings. The highest BCUT2D eigenvalue weighted by atomic mass is 16.4. The monoisotopic (exact) mass is 799 g/mol. The van der Waals surface area contributed by atoms with Gasteiger partial charge in [0.05, 0.1) is 13.1 Å². The first-order chi connectivity index (χ1) is 26.5. The number of nitrogens with zero attached hydrogens (tertiary/aromatic N) is 2. The number of carbonyl (C=O) groups excluding carboxylic acids is 5. The van der Waals surface area contributed by atoms with Gasteiger partial charge in [0.25, 0.3) is 0 Å². The lowest BCUT2D eigenvalue weighted by atomic mass is 10.1. The van der Waals surface area contributed by atoms with Crippen LogP contribution in [0.2, 0.25) is 0 Å². The summed E-state index contributed by atoms with van der Waals surface area (Å²) in [7, 11) is 0. The number of likely N-dealkylation sites (N-methyl/N-ethyl adjacent to an activating group) is 1. The summed E-state index contributed by atoms with van der Waals surface area (Å²) in [6.45, 7) is 6.83. The summed E-state index contributed by atoms with van der Waals surface area (Å²) in [4.78, 5) is 85.6. The van der Waals surface area contributed by atoms with Crippen LogP contribution in [0.15, 0.2) is 9.98 Å². The number of carboxylic acids is 1. The predicted molar refractivity (Wildman–Crippen MR) is 213 cm³/mol. The first kappa shape index (κ1) is 50.5. The lowest BCUT2D eigenvalue weighted by Gasteiger charge is -2.25. The van der Waals surface area contributed by atoms with Crippen molar-refractivity contribution in [3.05, 3.63) is 0 Å². The number of aliphatic carboxylic acids is 1. The number of carbonyl (C=O) groups is 6. The molecule has 23 heteroatoms. The average molecular weight is 799 g/mol. The van der Waals surface area contributed by atoms with Gasteiger partial charge >= 0.3 is 5.97 Å². The Labute approximate surface area is 328 Å². The molecule has 0 rings (SSSR count). The van der Waals surface area contributed by atoms with Gasteiger partial charge < -0.3 is 76.3 Å². The summed E-state index contributed by atoms with van der Waals surface area (Å²) in [5, 5.41) is 38.5. The molecule has 56 heavy (non-hydrogen) atoms. The summed E-state index contributed by atoms with van der Waals surface area (Å²) in [6, 6.07) is -4.43. The Morgan fingerprint density at radius 2 is 1.09 bits per heavy atom. The number of rotatable bonds is 31. The van der Waals surface area contributed by atoms with E-state index in [2.05, 4.69) is 52.5 Å². The molecular formula is C33H66N16O7. The van der Waals surface area contributed by atoms with E-state index in [1.165, 1.54) is 0 Å². The van der Waals surface area contributed by atoms with Crippen molar-refractivity contribution in [3.8, 4) is 0 Å². The topological polar surface area (TPSA) is 398 Å². The summed E-state index contributed by atoms with van der Waals surface area (Å²) < 4.78 is 0. The van der Waals surface area contributed by atoms with E-state index < -0.39 is 66.2 Å². The van der Waals surface area contributed by atoms with E-state index in [1.54, 1.807) is 0 Å². The van der Waals surface area contributed by atoms with Crippen LogP contribution in [0.5, 0.6) is 0 Å². The molecule has 20 N–H and O–H groups in total. The Hall–Kier alpha value is -5.45. The highest BCUT2D eigenvalue weighted by Crippen LogP contribution is 2.06. The number of nitrogens with one attached hydrogen (secondary N) is 9. The fraction of sp³-hybridized carbons (Fsp3) is 0.727. The van der Waals surface area contributed by atoms with Crippen molar-refractivity contribution in [1.29, 1.82) is 5.41 Å². The highest BCUT2D eigenvalue weighted by molar-refractivity contribution is 5.95. The highest BCUT2D eigenvalue weighted by Gasteiger charge is 2.30. The minimum atomic E-state index is -1.24. The third kappa shape index (κ3) is 26.3. The fourth-order valence-electron chi connectivity index (χ4n) is 5.03. The van der Waals surface area contributed by atoms with E-state index >= 15 is 0 Å². The lowest BCUT2D eigenvalue weighted by Crippen LogP contribution is -2.57. The maximum atomic E-state index is 13.8. The fourth-order valence-corrected chi connectivity index (χ4v) is 5.03. The van der Waals surface area contributed by atoms with Crippen molar-refractivity contribution in [1.82, 2.24) is 42.5 Å². The zero-order valence-corrected chi connectivity index (χ0v) is 32.9. The van der Waals surface area contributed by atoms with Gasteiger partial charge in [-0.25, -0.2) is 4.79 Å². The molecular weight excluding hydrogens is 732 g/mol. The quantitative estimate of drug-likeness (QED) is 0.0178. The van der Waals surface area contributed by atoms with Gasteiger partial charge in [0, 0.05) is 25.7 Å². The van der Waals surface area contributed by atoms with Crippen molar-refractivity contribution in [2.24, 2.45) is 38.7 Å². The van der Waals surface area contributed by atoms with Crippen LogP contribution in [0.1, 0.15) is 78.6 Å². The average Bonchev–Trinajstić information content (AvgIpc) is 3.11. The zero-order chi connectivity index (χ0) is 42.5. The Kier molecular flexibility index (Phi) is 26.9. The molecule has 0 saturated heterocycles. The molecule has 4 unspecified atom stereocenters. The van der Waals surface area contributed by atoms with Gasteiger partial charge in [-0.2, -0.15) is 0 Å². The molecule has 0 bridgehead atoms. The van der Waals surface area contributed by atoms with Gasteiger partial charge in [0.15, 0.2) is 17.9 Å². The van der Waals surface area contributed by atoms with E-state index in [4.69, 9.17) is 34.1 Å². The minimum Gasteiger partial charge on any atom is -0.480 e. The molecule has 0 spiro atoms. The Balaban J connectivity index is 5.99. The number of carboxylic acid groups (broad SMARTS) is 1. The van der Waals surface area contributed by atoms with Gasteiger partial charge in [-0.3, -0.25) is 39.4 Å². The van der Waals surface area contributed by atoms with Crippen LogP contribution >= 0.6 is 0 Å². The van der Waals surface area contributed by atoms with Crippen molar-refractivity contribution in [2.45, 2.75) is 109 Å². The minimum absolute atomic E-state index is 0.0125. The number of hydrogen-bond donors (Lipinski definition) is 15. The normalized spacial score (nSPS) is 12.9. The molecule has 23 nitrogen and oxygen atoms in total. The third-order valence-electron chi connectivity index (χ3n) is 7.86. The van der Waals surface area contributed by atoms with E-state index in [0.717, 1.165) is 0 Å². The smallest absolute Gasteiger partial charge is 0.326 e. The first-order valence-corrected chi connectivity index (χ1v) is 18.8. The van der Waals surface area contributed by atoms with Crippen molar-refractivity contribution < 1.29 is 33.9 Å². The van der Waals surface area contributed by atoms with E-state index in [0.29, 0.717) is 32.4 Å². The van der Waals surface area contributed by atoms with E-state index in [-0.39, 0.29) is 88.6 Å². The molecule has 0 aromatic rings. The van der Waals surface area contributed by atoms with Crippen LogP contribution in [-0.4, -0.2) is 135 Å². The molecule has 0 aliphatic carbocycles. The maximum Gasteiger partial charge on any atom is 0.326 e. The Morgan fingerprint density at radius 3 is 1.59 bits per heavy atom. The molecule has 5 amide bonds. The van der Waals surface area contributed by atoms with Crippen LogP contribution in [0, 0.1) is 5.41 Å². The number of guanidine groups is 3. The molecule has 0 fully saturated rings. The second kappa shape index (κ2) is 29.9. The van der Waals surface area contributed by atoms with Crippen molar-refractivity contribution in [2.75, 3.05) is 45.8 Å². The Bertz CT molecular complexity index is 1310. The summed E-state index contributed by atoms with van der Waals surface area (Å²) in [5.74, 6) is -5.25. The third-order valence-corrected chi connectivity index (χ3v) is 7.86. The predicted octanol–water partition coefficient (Wildman–Crippen LogP) is -4.73. The van der Waals surface area contributed by atoms with Gasteiger partial charge in [-0.15, -0.1) is 0 Å². The van der Waals surface area contributed by atoms with Gasteiger partial charge in [-0.05, 0) is 70.9 Å². The van der Waals surface area contributed by atoms with Crippen LogP contribution in [0.25, 0.3) is 0 Å². The van der Waals surface area contributed by atoms with Crippen LogP contribution in [0.3, 0.4) is 0 Å². The standard InChI is InChI=1S/C33H66N16O7/c1-4-40-18-25(50)46-22(12-8-16-43-32(36)37)28(53)49-23(13-9-17-44-33(38)39)29(54)48-21(11-7-15-42-31(34)35)27(52)45-19-26(51)47-24(30(55)56)10-5-6-14-41-20(2)3/h20-24,40-41H,4-19H2,1-3H3,(H,45,52)(H,46,50)(H,47,51)(H,48,54)(H,49,53)(H,55,56)(H4,34,35,42)(H4,36,37,43)(H4,38,39,44). The zero-order valence-electron chi connectivity index (χ0n) is 32.9. The van der Waals surface area contributed by atoms with Crippen LogP contribution in [0.4, 0.5) is 0 Å². The number of nitrogens with two attached hydrogens (primary N) is 5. The van der Waals surface area contributed by atoms with E-state index in [9.17, 15) is 33.9 Å². The molecule has 0 radical (unpaired) electrons. The molecule has 0 aliphatic heterocycles. The molecule has 0 saturated carbocycles. The second-order valence-electron chi connectivity index (χ2n) is 13.2. The second-order valence-corrected chi connectivity index (χ2v) is 13.2. The number of amides is 5. The molecule has 4 atom stereocenters. The van der Waals surface area contributed by atoms with Gasteiger partial charge in [0.1, 0.15) is 24.2 Å². The van der Waals surface area contributed by atoms with Crippen molar-refractivity contribution >= 4 is 53.4 Å². The molecule has 0 aromatic carbocycles. The molecule has 320 valence electrons.